The van der Waals surface area contributed by atoms with Gasteiger partial charge in [0.1, 0.15) is 23.9 Å². The molecule has 0 saturated heterocycles. The first-order chi connectivity index (χ1) is 15.1. The zero-order valence-corrected chi connectivity index (χ0v) is 18.1. The van der Waals surface area contributed by atoms with Gasteiger partial charge in [0.2, 0.25) is 5.91 Å². The predicted molar refractivity (Wildman–Crippen MR) is 119 cm³/mol. The van der Waals surface area contributed by atoms with Crippen LogP contribution in [0.1, 0.15) is 29.6 Å². The van der Waals surface area contributed by atoms with Crippen LogP contribution in [-0.2, 0) is 24.2 Å². The number of aromatic amines is 1. The molecule has 0 fully saturated rings. The Hall–Kier alpha value is -2.91. The van der Waals surface area contributed by atoms with Crippen molar-refractivity contribution < 1.29 is 14.3 Å². The number of nitrogens with one attached hydrogen (secondary N) is 2. The van der Waals surface area contributed by atoms with E-state index in [1.807, 2.05) is 11.8 Å². The molecule has 1 aliphatic heterocycles. The van der Waals surface area contributed by atoms with Crippen LogP contribution < -0.4 is 20.3 Å². The predicted octanol–water partition coefficient (Wildman–Crippen LogP) is 2.71. The lowest BCUT2D eigenvalue weighted by Crippen LogP contribution is -2.33. The highest BCUT2D eigenvalue weighted by atomic mass is 32.1. The number of fused-ring (bicyclic) bond motifs is 4. The van der Waals surface area contributed by atoms with Gasteiger partial charge in [-0.25, -0.2) is 4.98 Å². The third-order valence-corrected chi connectivity index (χ3v) is 6.82. The van der Waals surface area contributed by atoms with Crippen LogP contribution in [0.5, 0.6) is 11.5 Å². The lowest BCUT2D eigenvalue weighted by atomic mass is 10.2. The molecule has 3 aromatic rings. The van der Waals surface area contributed by atoms with Gasteiger partial charge in [-0.05, 0) is 43.5 Å². The highest BCUT2D eigenvalue weighted by Crippen LogP contribution is 2.34. The molecule has 2 aliphatic rings. The molecule has 9 heteroatoms. The summed E-state index contributed by atoms with van der Waals surface area (Å²) in [6, 6.07) is 5.36. The second-order valence-electron chi connectivity index (χ2n) is 7.76. The Bertz CT molecular complexity index is 1200. The van der Waals surface area contributed by atoms with Gasteiger partial charge in [0, 0.05) is 16.6 Å². The summed E-state index contributed by atoms with van der Waals surface area (Å²) in [7, 11) is 0. The van der Waals surface area contributed by atoms with E-state index >= 15 is 0 Å². The van der Waals surface area contributed by atoms with Crippen molar-refractivity contribution in [3.63, 3.8) is 0 Å². The van der Waals surface area contributed by atoms with E-state index in [0.717, 1.165) is 29.5 Å². The highest BCUT2D eigenvalue weighted by molar-refractivity contribution is 7.18. The Balaban J connectivity index is 1.27. The normalized spacial score (nSPS) is 14.8. The summed E-state index contributed by atoms with van der Waals surface area (Å²) in [4.78, 5) is 36.9. The Morgan fingerprint density at radius 1 is 1.26 bits per heavy atom. The lowest BCUT2D eigenvalue weighted by Gasteiger charge is -2.21. The van der Waals surface area contributed by atoms with Crippen molar-refractivity contribution in [2.45, 2.75) is 32.7 Å². The molecule has 31 heavy (non-hydrogen) atoms. The van der Waals surface area contributed by atoms with Gasteiger partial charge in [-0.1, -0.05) is 6.92 Å². The Kier molecular flexibility index (Phi) is 5.37. The number of likely N-dealkylation sites (N-methyl/N-ethyl adjacent to an activating group) is 1. The molecule has 1 amide bonds. The number of H-pyrrole nitrogens is 1. The number of benzene rings is 1. The third kappa shape index (κ3) is 4.03. The van der Waals surface area contributed by atoms with Crippen molar-refractivity contribution in [3.8, 4) is 11.5 Å². The monoisotopic (exact) mass is 440 g/mol. The van der Waals surface area contributed by atoms with Gasteiger partial charge < -0.3 is 19.8 Å². The number of nitrogens with zero attached hydrogens (tertiary/aromatic N) is 2. The summed E-state index contributed by atoms with van der Waals surface area (Å²) in [5.41, 5.74) is 1.76. The van der Waals surface area contributed by atoms with Crippen molar-refractivity contribution in [2.24, 2.45) is 0 Å². The lowest BCUT2D eigenvalue weighted by molar-refractivity contribution is -0.117. The van der Waals surface area contributed by atoms with Crippen LogP contribution in [-0.4, -0.2) is 47.1 Å². The van der Waals surface area contributed by atoms with E-state index in [9.17, 15) is 9.59 Å². The molecule has 5 rings (SSSR count). The molecule has 0 unspecified atom stereocenters. The number of ether oxygens (including phenoxy) is 2. The molecule has 2 N–H and O–H groups in total. The minimum Gasteiger partial charge on any atom is -0.486 e. The van der Waals surface area contributed by atoms with Crippen LogP contribution in [0.3, 0.4) is 0 Å². The molecular formula is C22H24N4O4S. The van der Waals surface area contributed by atoms with Crippen LogP contribution in [0.15, 0.2) is 23.0 Å². The highest BCUT2D eigenvalue weighted by Gasteiger charge is 2.22. The fourth-order valence-corrected chi connectivity index (χ4v) is 5.42. The number of carbonyl (C=O) groups excluding carboxylic acids is 1. The standard InChI is InChI=1S/C22H24N4O4S/c1-2-26(12-19(27)23-13-6-7-15-16(10-13)30-9-8-29-15)11-18-24-21(28)20-14-4-3-5-17(14)31-22(20)25-18/h6-7,10H,2-5,8-9,11-12H2,1H3,(H,23,27)(H,24,25,28). The van der Waals surface area contributed by atoms with E-state index in [0.29, 0.717) is 49.3 Å². The van der Waals surface area contributed by atoms with Gasteiger partial charge in [-0.3, -0.25) is 14.5 Å². The number of amides is 1. The average molecular weight is 441 g/mol. The first kappa shape index (κ1) is 20.0. The minimum absolute atomic E-state index is 0.0730. The fraction of sp³-hybridized carbons (Fsp3) is 0.409. The van der Waals surface area contributed by atoms with Crippen LogP contribution in [0, 0.1) is 0 Å². The van der Waals surface area contributed by atoms with Gasteiger partial charge >= 0.3 is 0 Å². The summed E-state index contributed by atoms with van der Waals surface area (Å²) < 4.78 is 11.1. The van der Waals surface area contributed by atoms with Crippen LogP contribution in [0.4, 0.5) is 5.69 Å². The van der Waals surface area contributed by atoms with E-state index in [1.165, 1.54) is 10.4 Å². The van der Waals surface area contributed by atoms with Gasteiger partial charge in [0.15, 0.2) is 11.5 Å². The Labute approximate surface area is 183 Å². The summed E-state index contributed by atoms with van der Waals surface area (Å²) in [5, 5.41) is 3.65. The first-order valence-corrected chi connectivity index (χ1v) is 11.4. The van der Waals surface area contributed by atoms with Gasteiger partial charge in [-0.15, -0.1) is 11.3 Å². The van der Waals surface area contributed by atoms with E-state index in [2.05, 4.69) is 15.3 Å². The number of rotatable bonds is 6. The van der Waals surface area contributed by atoms with E-state index < -0.39 is 0 Å². The van der Waals surface area contributed by atoms with E-state index in [-0.39, 0.29) is 18.0 Å². The number of carbonyl (C=O) groups is 1. The molecule has 0 saturated carbocycles. The van der Waals surface area contributed by atoms with Crippen LogP contribution in [0.2, 0.25) is 0 Å². The molecule has 162 valence electrons. The molecule has 2 aromatic heterocycles. The molecule has 0 radical (unpaired) electrons. The van der Waals surface area contributed by atoms with Crippen molar-refractivity contribution >= 4 is 33.1 Å². The summed E-state index contributed by atoms with van der Waals surface area (Å²) in [6.07, 6.45) is 3.10. The zero-order chi connectivity index (χ0) is 21.4. The van der Waals surface area contributed by atoms with Crippen molar-refractivity contribution in [3.05, 3.63) is 44.8 Å². The van der Waals surface area contributed by atoms with Gasteiger partial charge in [-0.2, -0.15) is 0 Å². The fourth-order valence-electron chi connectivity index (χ4n) is 4.14. The molecular weight excluding hydrogens is 416 g/mol. The Morgan fingerprint density at radius 3 is 2.94 bits per heavy atom. The third-order valence-electron chi connectivity index (χ3n) is 5.64. The van der Waals surface area contributed by atoms with Crippen LogP contribution in [0.25, 0.3) is 10.2 Å². The maximum absolute atomic E-state index is 12.7. The average Bonchev–Trinajstić information content (AvgIpc) is 3.34. The molecule has 1 aliphatic carbocycles. The summed E-state index contributed by atoms with van der Waals surface area (Å²) in [6.45, 7) is 4.24. The van der Waals surface area contributed by atoms with Crippen molar-refractivity contribution in [1.82, 2.24) is 14.9 Å². The first-order valence-electron chi connectivity index (χ1n) is 10.6. The second-order valence-corrected chi connectivity index (χ2v) is 8.84. The molecule has 0 atom stereocenters. The number of aromatic nitrogens is 2. The van der Waals surface area contributed by atoms with Crippen molar-refractivity contribution in [1.29, 1.82) is 0 Å². The minimum atomic E-state index is -0.142. The SMILES string of the molecule is CCN(CC(=O)Nc1ccc2c(c1)OCCO2)Cc1nc2sc3c(c2c(=O)[nH]1)CCC3. The number of thiophene rings is 1. The number of anilines is 1. The van der Waals surface area contributed by atoms with Gasteiger partial charge in [0.05, 0.1) is 18.5 Å². The largest absolute Gasteiger partial charge is 0.486 e. The molecule has 0 bridgehead atoms. The molecule has 8 nitrogen and oxygen atoms in total. The quantitative estimate of drug-likeness (QED) is 0.612. The molecule has 0 spiro atoms. The zero-order valence-electron chi connectivity index (χ0n) is 17.3. The topological polar surface area (TPSA) is 96.6 Å². The second kappa shape index (κ2) is 8.32. The number of hydrogen-bond acceptors (Lipinski definition) is 7. The maximum Gasteiger partial charge on any atom is 0.259 e. The molecule has 1 aromatic carbocycles. The number of hydrogen-bond donors (Lipinski definition) is 2. The molecule has 3 heterocycles. The smallest absolute Gasteiger partial charge is 0.259 e. The maximum atomic E-state index is 12.7. The van der Waals surface area contributed by atoms with E-state index in [1.54, 1.807) is 29.5 Å². The van der Waals surface area contributed by atoms with E-state index in [4.69, 9.17) is 9.47 Å². The summed E-state index contributed by atoms with van der Waals surface area (Å²) in [5.74, 6) is 1.77. The van der Waals surface area contributed by atoms with Gasteiger partial charge in [0.25, 0.3) is 5.56 Å². The Morgan fingerprint density at radius 2 is 2.10 bits per heavy atom. The van der Waals surface area contributed by atoms with Crippen molar-refractivity contribution in [2.75, 3.05) is 31.6 Å². The summed E-state index contributed by atoms with van der Waals surface area (Å²) >= 11 is 1.63. The number of aryl methyl sites for hydroxylation is 2. The van der Waals surface area contributed by atoms with Crippen LogP contribution >= 0.6 is 11.3 Å².